The molecule has 0 aromatic heterocycles. The van der Waals surface area contributed by atoms with Crippen LogP contribution in [0.4, 0.5) is 0 Å². The summed E-state index contributed by atoms with van der Waals surface area (Å²) < 4.78 is 11.4. The molecule has 0 saturated carbocycles. The first-order valence-corrected chi connectivity index (χ1v) is 30.7. The average Bonchev–Trinajstić information content (AvgIpc) is 3.33. The Balaban J connectivity index is 2.60. The van der Waals surface area contributed by atoms with Crippen LogP contribution in [0.25, 0.3) is 0 Å². The third kappa shape index (κ3) is 40.1. The van der Waals surface area contributed by atoms with Gasteiger partial charge in [0, 0.05) is 26.2 Å². The Morgan fingerprint density at radius 3 is 0.771 bits per heavy atom. The molecule has 6 atom stereocenters. The third-order valence-corrected chi connectivity index (χ3v) is 14.9. The fraction of sp³-hybridized carbons (Fsp3) is 0.967. The molecule has 0 amide bonds. The fourth-order valence-corrected chi connectivity index (χ4v) is 10.3. The molecule has 1 rings (SSSR count). The second-order valence-electron chi connectivity index (χ2n) is 22.0. The molecule has 0 spiro atoms. The van der Waals surface area contributed by atoms with Crippen LogP contribution in [0, 0.1) is 0 Å². The first-order valence-electron chi connectivity index (χ1n) is 30.7. The summed E-state index contributed by atoms with van der Waals surface area (Å²) in [6.45, 7) is 12.5. The fourth-order valence-electron chi connectivity index (χ4n) is 10.3. The van der Waals surface area contributed by atoms with Gasteiger partial charge >= 0.3 is 11.9 Å². The number of hydrogen-bond donors (Lipinski definition) is 4. The standard InChI is InChI=1S/C60H118N2O8/c1-5-9-13-17-21-25-29-33-41-53(63)49-61(50-54(64)42-34-30-26-22-18-14-10-6-2)47-39-37-45-57-59(67)70-58(60(68)69-57)46-38-40-48-62(51-55(65)43-35-31-27-23-19-15-11-7-3)52-56(66)44-36-32-28-24-20-16-12-8-4/h53-58,63-66H,5-52H2,1-4H3/t53-,54-,55-,56-,57?,58?/m1/s1. The maximum absolute atomic E-state index is 13.1. The SMILES string of the molecule is CCCCCCCCCC[C@@H](O)CN(CCCCC1OC(=O)C(CCCCN(C[C@H](O)CCCCCCCCCC)C[C@H](O)CCCCCCCCCC)OC1=O)C[C@H](O)CCCCCCCCCC. The summed E-state index contributed by atoms with van der Waals surface area (Å²) in [7, 11) is 0. The van der Waals surface area contributed by atoms with E-state index in [0.717, 1.165) is 89.9 Å². The van der Waals surface area contributed by atoms with Gasteiger partial charge in [-0.1, -0.05) is 233 Å². The van der Waals surface area contributed by atoms with Gasteiger partial charge in [-0.05, 0) is 77.3 Å². The smallest absolute Gasteiger partial charge is 0.348 e. The first kappa shape index (κ1) is 66.7. The van der Waals surface area contributed by atoms with Gasteiger partial charge in [-0.15, -0.1) is 0 Å². The van der Waals surface area contributed by atoms with Crippen molar-refractivity contribution in [1.29, 1.82) is 0 Å². The van der Waals surface area contributed by atoms with Gasteiger partial charge < -0.3 is 29.9 Å². The van der Waals surface area contributed by atoms with E-state index in [1.807, 2.05) is 0 Å². The molecular formula is C60H118N2O8. The summed E-state index contributed by atoms with van der Waals surface area (Å²) >= 11 is 0. The lowest BCUT2D eigenvalue weighted by Crippen LogP contribution is -2.44. The molecule has 0 aliphatic carbocycles. The molecule has 70 heavy (non-hydrogen) atoms. The van der Waals surface area contributed by atoms with Gasteiger partial charge in [0.25, 0.3) is 0 Å². The Kier molecular flexibility index (Phi) is 46.3. The number of unbranched alkanes of at least 4 members (excludes halogenated alkanes) is 30. The van der Waals surface area contributed by atoms with E-state index in [1.54, 1.807) is 0 Å². The highest BCUT2D eigenvalue weighted by Crippen LogP contribution is 2.22. The van der Waals surface area contributed by atoms with Gasteiger partial charge in [0.1, 0.15) is 0 Å². The summed E-state index contributed by atoms with van der Waals surface area (Å²) in [5.74, 6) is -0.948. The van der Waals surface area contributed by atoms with Crippen molar-refractivity contribution < 1.29 is 39.5 Å². The van der Waals surface area contributed by atoms with E-state index in [1.165, 1.54) is 154 Å². The Hall–Kier alpha value is -1.30. The molecule has 416 valence electrons. The Bertz CT molecular complexity index is 1000. The van der Waals surface area contributed by atoms with Crippen molar-refractivity contribution in [3.63, 3.8) is 0 Å². The van der Waals surface area contributed by atoms with E-state index in [0.29, 0.717) is 65.0 Å². The molecule has 10 nitrogen and oxygen atoms in total. The second kappa shape index (κ2) is 48.6. The maximum atomic E-state index is 13.1. The van der Waals surface area contributed by atoms with Crippen LogP contribution in [0.2, 0.25) is 0 Å². The van der Waals surface area contributed by atoms with Crippen molar-refractivity contribution in [3.8, 4) is 0 Å². The number of carbonyl (C=O) groups excluding carboxylic acids is 2. The molecule has 1 saturated heterocycles. The number of esters is 2. The molecule has 1 aliphatic rings. The molecule has 0 aromatic rings. The molecule has 0 aromatic carbocycles. The monoisotopic (exact) mass is 995 g/mol. The Labute approximate surface area is 433 Å². The third-order valence-electron chi connectivity index (χ3n) is 14.9. The molecule has 0 radical (unpaired) electrons. The van der Waals surface area contributed by atoms with Crippen LogP contribution < -0.4 is 0 Å². The first-order chi connectivity index (χ1) is 34.1. The van der Waals surface area contributed by atoms with Crippen molar-refractivity contribution in [2.75, 3.05) is 39.3 Å². The number of aliphatic hydroxyl groups is 4. The number of rotatable bonds is 54. The lowest BCUT2D eigenvalue weighted by Gasteiger charge is -2.29. The zero-order chi connectivity index (χ0) is 51.1. The van der Waals surface area contributed by atoms with Crippen LogP contribution in [-0.4, -0.2) is 118 Å². The number of carbonyl (C=O) groups is 2. The van der Waals surface area contributed by atoms with E-state index >= 15 is 0 Å². The highest BCUT2D eigenvalue weighted by Gasteiger charge is 2.37. The van der Waals surface area contributed by atoms with E-state index in [2.05, 4.69) is 37.5 Å². The quantitative estimate of drug-likeness (QED) is 0.0344. The average molecular weight is 996 g/mol. The minimum Gasteiger partial charge on any atom is -0.448 e. The van der Waals surface area contributed by atoms with E-state index < -0.39 is 48.6 Å². The van der Waals surface area contributed by atoms with Crippen molar-refractivity contribution in [1.82, 2.24) is 9.80 Å². The summed E-state index contributed by atoms with van der Waals surface area (Å²) in [6.07, 6.45) is 42.6. The van der Waals surface area contributed by atoms with Crippen molar-refractivity contribution in [3.05, 3.63) is 0 Å². The maximum Gasteiger partial charge on any atom is 0.348 e. The van der Waals surface area contributed by atoms with E-state index in [9.17, 15) is 30.0 Å². The lowest BCUT2D eigenvalue weighted by atomic mass is 10.0. The number of ether oxygens (including phenoxy) is 2. The predicted molar refractivity (Wildman–Crippen MR) is 293 cm³/mol. The van der Waals surface area contributed by atoms with Gasteiger partial charge in [-0.3, -0.25) is 9.80 Å². The summed E-state index contributed by atoms with van der Waals surface area (Å²) in [6, 6.07) is 0. The number of nitrogens with zero attached hydrogens (tertiary/aromatic N) is 2. The highest BCUT2D eigenvalue weighted by atomic mass is 16.6. The van der Waals surface area contributed by atoms with Gasteiger partial charge in [-0.2, -0.15) is 0 Å². The number of hydrogen-bond acceptors (Lipinski definition) is 10. The van der Waals surface area contributed by atoms with Crippen LogP contribution in [0.3, 0.4) is 0 Å². The number of cyclic esters (lactones) is 2. The van der Waals surface area contributed by atoms with Gasteiger partial charge in [0.2, 0.25) is 0 Å². The lowest BCUT2D eigenvalue weighted by molar-refractivity contribution is -0.196. The van der Waals surface area contributed by atoms with Crippen LogP contribution >= 0.6 is 0 Å². The molecular weight excluding hydrogens is 877 g/mol. The van der Waals surface area contributed by atoms with Crippen LogP contribution in [0.1, 0.15) is 297 Å². The zero-order valence-corrected chi connectivity index (χ0v) is 46.7. The Morgan fingerprint density at radius 2 is 0.543 bits per heavy atom. The molecule has 1 heterocycles. The largest absolute Gasteiger partial charge is 0.448 e. The van der Waals surface area contributed by atoms with Crippen molar-refractivity contribution in [2.24, 2.45) is 0 Å². The Morgan fingerprint density at radius 1 is 0.329 bits per heavy atom. The van der Waals surface area contributed by atoms with Crippen LogP contribution in [-0.2, 0) is 19.1 Å². The van der Waals surface area contributed by atoms with Crippen molar-refractivity contribution >= 4 is 11.9 Å². The van der Waals surface area contributed by atoms with E-state index in [-0.39, 0.29) is 0 Å². The summed E-state index contributed by atoms with van der Waals surface area (Å²) in [4.78, 5) is 30.6. The number of aliphatic hydroxyl groups excluding tert-OH is 4. The van der Waals surface area contributed by atoms with Crippen molar-refractivity contribution in [2.45, 2.75) is 334 Å². The topological polar surface area (TPSA) is 140 Å². The molecule has 10 heteroatoms. The normalized spacial score (nSPS) is 17.1. The predicted octanol–water partition coefficient (Wildman–Crippen LogP) is 14.3. The summed E-state index contributed by atoms with van der Waals surface area (Å²) in [5.41, 5.74) is 0. The van der Waals surface area contributed by atoms with Crippen LogP contribution in [0.5, 0.6) is 0 Å². The molecule has 1 fully saturated rings. The highest BCUT2D eigenvalue weighted by molar-refractivity contribution is 5.87. The molecule has 4 N–H and O–H groups in total. The minimum atomic E-state index is -0.905. The second-order valence-corrected chi connectivity index (χ2v) is 22.0. The van der Waals surface area contributed by atoms with Gasteiger partial charge in [-0.25, -0.2) is 9.59 Å². The van der Waals surface area contributed by atoms with Gasteiger partial charge in [0.15, 0.2) is 12.2 Å². The minimum absolute atomic E-state index is 0.393. The molecule has 1 aliphatic heterocycles. The molecule has 2 unspecified atom stereocenters. The summed E-state index contributed by atoms with van der Waals surface area (Å²) in [5, 5.41) is 44.1. The zero-order valence-electron chi connectivity index (χ0n) is 46.7. The van der Waals surface area contributed by atoms with Gasteiger partial charge in [0.05, 0.1) is 24.4 Å². The van der Waals surface area contributed by atoms with Crippen LogP contribution in [0.15, 0.2) is 0 Å². The van der Waals surface area contributed by atoms with E-state index in [4.69, 9.17) is 9.47 Å². The molecule has 0 bridgehead atoms.